The third-order valence-electron chi connectivity index (χ3n) is 7.81. The second-order valence-electron chi connectivity index (χ2n) is 9.70. The minimum absolute atomic E-state index is 0.0960. The highest BCUT2D eigenvalue weighted by atomic mass is 79.9. The van der Waals surface area contributed by atoms with Crippen LogP contribution >= 0.6 is 31.9 Å². The molecule has 9 heteroatoms. The Labute approximate surface area is 225 Å². The van der Waals surface area contributed by atoms with Gasteiger partial charge in [0.2, 0.25) is 11.8 Å². The Morgan fingerprint density at radius 1 is 1.11 bits per heavy atom. The number of methoxy groups -OCH3 is 1. The van der Waals surface area contributed by atoms with Crippen LogP contribution in [0.2, 0.25) is 0 Å². The molecule has 0 unspecified atom stereocenters. The fourth-order valence-corrected chi connectivity index (χ4v) is 7.16. The molecule has 1 N–H and O–H groups in total. The second-order valence-corrected chi connectivity index (χ2v) is 11.3. The van der Waals surface area contributed by atoms with Crippen LogP contribution in [0.4, 0.5) is 0 Å². The summed E-state index contributed by atoms with van der Waals surface area (Å²) in [6, 6.07) is 1.66. The number of rotatable bonds is 4. The van der Waals surface area contributed by atoms with Crippen molar-refractivity contribution in [1.82, 2.24) is 4.90 Å². The van der Waals surface area contributed by atoms with E-state index in [1.165, 1.54) is 18.1 Å². The fourth-order valence-electron chi connectivity index (χ4n) is 6.20. The third-order valence-corrected chi connectivity index (χ3v) is 9.97. The SMILES string of the molecule is CCCN1C(=O)[C@H]2[C@H](CC=C3[C@H](c4cc(OC)c(O)c(Br)c4Br)C4=C(C[C@H]32)C(=O)C=C(C)C4=O)C1=O. The lowest BCUT2D eigenvalue weighted by Gasteiger charge is -2.42. The second kappa shape index (κ2) is 9.10. The predicted molar refractivity (Wildman–Crippen MR) is 138 cm³/mol. The minimum atomic E-state index is -0.636. The summed E-state index contributed by atoms with van der Waals surface area (Å²) in [5.74, 6) is -2.76. The molecule has 36 heavy (non-hydrogen) atoms. The number of benzene rings is 1. The predicted octanol–water partition coefficient (Wildman–Crippen LogP) is 4.77. The first kappa shape index (κ1) is 25.1. The molecule has 1 fully saturated rings. The van der Waals surface area contributed by atoms with Gasteiger partial charge in [-0.3, -0.25) is 24.1 Å². The maximum Gasteiger partial charge on any atom is 0.233 e. The Hall–Kier alpha value is -2.52. The van der Waals surface area contributed by atoms with Gasteiger partial charge >= 0.3 is 0 Å². The number of carbonyl (C=O) groups is 4. The van der Waals surface area contributed by atoms with Gasteiger partial charge in [-0.05, 0) is 81.7 Å². The number of aromatic hydroxyl groups is 1. The van der Waals surface area contributed by atoms with Crippen LogP contribution in [0.5, 0.6) is 11.5 Å². The molecule has 0 bridgehead atoms. The number of phenols is 1. The lowest BCUT2D eigenvalue weighted by Crippen LogP contribution is -2.40. The normalized spacial score (nSPS) is 27.5. The topological polar surface area (TPSA) is 101 Å². The monoisotopic (exact) mass is 617 g/mol. The number of allylic oxidation sites excluding steroid dienone is 6. The lowest BCUT2D eigenvalue weighted by molar-refractivity contribution is -0.140. The number of likely N-dealkylation sites (tertiary alicyclic amines) is 1. The van der Waals surface area contributed by atoms with E-state index in [9.17, 15) is 24.3 Å². The number of imide groups is 1. The summed E-state index contributed by atoms with van der Waals surface area (Å²) in [6.45, 7) is 3.92. The van der Waals surface area contributed by atoms with E-state index >= 15 is 0 Å². The van der Waals surface area contributed by atoms with Gasteiger partial charge < -0.3 is 9.84 Å². The molecule has 4 aliphatic rings. The zero-order valence-corrected chi connectivity index (χ0v) is 23.2. The van der Waals surface area contributed by atoms with Crippen molar-refractivity contribution in [3.8, 4) is 11.5 Å². The summed E-state index contributed by atoms with van der Waals surface area (Å²) in [4.78, 5) is 54.7. The summed E-state index contributed by atoms with van der Waals surface area (Å²) in [7, 11) is 1.44. The molecule has 0 spiro atoms. The van der Waals surface area contributed by atoms with Crippen molar-refractivity contribution >= 4 is 55.2 Å². The van der Waals surface area contributed by atoms with Crippen molar-refractivity contribution in [2.45, 2.75) is 39.0 Å². The Kier molecular flexibility index (Phi) is 6.35. The maximum absolute atomic E-state index is 13.5. The van der Waals surface area contributed by atoms with Crippen LogP contribution < -0.4 is 4.74 Å². The Bertz CT molecular complexity index is 1340. The lowest BCUT2D eigenvalue weighted by atomic mass is 9.59. The van der Waals surface area contributed by atoms with Crippen molar-refractivity contribution in [1.29, 1.82) is 0 Å². The van der Waals surface area contributed by atoms with E-state index in [4.69, 9.17) is 4.74 Å². The van der Waals surface area contributed by atoms with E-state index in [2.05, 4.69) is 31.9 Å². The van der Waals surface area contributed by atoms with Crippen LogP contribution in [0.15, 0.2) is 49.5 Å². The number of carbonyl (C=O) groups excluding carboxylic acids is 4. The number of ether oxygens (including phenoxy) is 1. The molecule has 4 atom stereocenters. The van der Waals surface area contributed by atoms with Gasteiger partial charge in [0.1, 0.15) is 0 Å². The van der Waals surface area contributed by atoms with Crippen LogP contribution in [0.25, 0.3) is 0 Å². The number of Topliss-reactive ketones (excluding diaryl/α,β-unsaturated/α-hetero) is 1. The molecule has 3 aliphatic carbocycles. The number of nitrogens with zero attached hydrogens (tertiary/aromatic N) is 1. The fraction of sp³-hybridized carbons (Fsp3) is 0.407. The van der Waals surface area contributed by atoms with Crippen molar-refractivity contribution in [2.24, 2.45) is 17.8 Å². The number of fused-ring (bicyclic) bond motifs is 3. The van der Waals surface area contributed by atoms with Gasteiger partial charge in [-0.15, -0.1) is 0 Å². The molecule has 0 aromatic heterocycles. The van der Waals surface area contributed by atoms with E-state index in [0.29, 0.717) is 50.6 Å². The van der Waals surface area contributed by atoms with Crippen molar-refractivity contribution in [3.63, 3.8) is 0 Å². The first-order chi connectivity index (χ1) is 17.1. The van der Waals surface area contributed by atoms with Crippen LogP contribution in [0, 0.1) is 17.8 Å². The average Bonchev–Trinajstić information content (AvgIpc) is 3.10. The summed E-state index contributed by atoms with van der Waals surface area (Å²) >= 11 is 6.98. The number of hydrogen-bond donors (Lipinski definition) is 1. The molecule has 1 aliphatic heterocycles. The number of halogens is 2. The Morgan fingerprint density at radius 2 is 1.83 bits per heavy atom. The van der Waals surface area contributed by atoms with E-state index in [1.807, 2.05) is 13.0 Å². The summed E-state index contributed by atoms with van der Waals surface area (Å²) in [6.07, 6.45) is 4.64. The van der Waals surface area contributed by atoms with Gasteiger partial charge in [0, 0.05) is 33.7 Å². The molecular formula is C27H25Br2NO6. The zero-order chi connectivity index (χ0) is 26.0. The van der Waals surface area contributed by atoms with Gasteiger partial charge in [-0.1, -0.05) is 18.6 Å². The number of hydrogen-bond acceptors (Lipinski definition) is 6. The first-order valence-corrected chi connectivity index (χ1v) is 13.5. The van der Waals surface area contributed by atoms with E-state index in [0.717, 1.165) is 5.57 Å². The largest absolute Gasteiger partial charge is 0.503 e. The molecule has 1 heterocycles. The smallest absolute Gasteiger partial charge is 0.233 e. The average molecular weight is 619 g/mol. The van der Waals surface area contributed by atoms with Crippen LogP contribution in [0.3, 0.4) is 0 Å². The molecule has 0 saturated carbocycles. The number of ketones is 2. The van der Waals surface area contributed by atoms with Crippen LogP contribution in [-0.2, 0) is 19.2 Å². The molecule has 5 rings (SSSR count). The third kappa shape index (κ3) is 3.49. The van der Waals surface area contributed by atoms with Crippen molar-refractivity contribution in [3.05, 3.63) is 55.0 Å². The molecule has 188 valence electrons. The van der Waals surface area contributed by atoms with E-state index in [1.54, 1.807) is 13.0 Å². The summed E-state index contributed by atoms with van der Waals surface area (Å²) in [5.41, 5.74) is 2.63. The highest BCUT2D eigenvalue weighted by Crippen LogP contribution is 2.57. The minimum Gasteiger partial charge on any atom is -0.503 e. The van der Waals surface area contributed by atoms with Crippen LogP contribution in [0.1, 0.15) is 44.6 Å². The quantitative estimate of drug-likeness (QED) is 0.297. The highest BCUT2D eigenvalue weighted by molar-refractivity contribution is 9.13. The standard InChI is InChI=1S/C27H25Br2NO6/c1-4-7-30-26(34)13-6-5-12-14(20(13)27(30)35)9-15-17(31)8-11(2)24(32)21(15)19(12)16-10-18(36-3)25(33)23(29)22(16)28/h5,8,10,13-14,19-20,33H,4,6-7,9H2,1-3H3/t13-,14+,19+,20-/m0/s1. The van der Waals surface area contributed by atoms with Crippen molar-refractivity contribution in [2.75, 3.05) is 13.7 Å². The molecule has 0 radical (unpaired) electrons. The Morgan fingerprint density at radius 3 is 2.50 bits per heavy atom. The maximum atomic E-state index is 13.5. The molecule has 7 nitrogen and oxygen atoms in total. The zero-order valence-electron chi connectivity index (χ0n) is 20.1. The molecule has 1 aromatic carbocycles. The highest BCUT2D eigenvalue weighted by Gasteiger charge is 2.56. The number of phenolic OH excluding ortho intramolecular Hbond substituents is 1. The Balaban J connectivity index is 1.74. The van der Waals surface area contributed by atoms with Gasteiger partial charge in [0.15, 0.2) is 23.1 Å². The van der Waals surface area contributed by atoms with Gasteiger partial charge in [0.25, 0.3) is 0 Å². The molecule has 1 aromatic rings. The van der Waals surface area contributed by atoms with Gasteiger partial charge in [-0.25, -0.2) is 0 Å². The summed E-state index contributed by atoms with van der Waals surface area (Å²) in [5, 5.41) is 10.5. The van der Waals surface area contributed by atoms with E-state index in [-0.39, 0.29) is 47.2 Å². The van der Waals surface area contributed by atoms with E-state index < -0.39 is 17.8 Å². The molecule has 1 saturated heterocycles. The summed E-state index contributed by atoms with van der Waals surface area (Å²) < 4.78 is 6.27. The first-order valence-electron chi connectivity index (χ1n) is 11.9. The van der Waals surface area contributed by atoms with Crippen molar-refractivity contribution < 1.29 is 29.0 Å². The molecular weight excluding hydrogens is 594 g/mol. The van der Waals surface area contributed by atoms with Crippen LogP contribution in [-0.4, -0.2) is 47.0 Å². The number of amides is 2. The molecule has 2 amide bonds. The van der Waals surface area contributed by atoms with Gasteiger partial charge in [-0.2, -0.15) is 0 Å². The van der Waals surface area contributed by atoms with Gasteiger partial charge in [0.05, 0.1) is 23.4 Å².